The molecular weight excluding hydrogens is 254 g/mol. The molecule has 5 heteroatoms. The molecule has 0 N–H and O–H groups in total. The van der Waals surface area contributed by atoms with Crippen molar-refractivity contribution in [3.63, 3.8) is 0 Å². The van der Waals surface area contributed by atoms with Crippen molar-refractivity contribution < 1.29 is 9.15 Å². The lowest BCUT2D eigenvalue weighted by atomic mass is 10.2. The first-order chi connectivity index (χ1) is 9.80. The predicted molar refractivity (Wildman–Crippen MR) is 75.9 cm³/mol. The molecular formula is C15H17N3O2. The van der Waals surface area contributed by atoms with Crippen molar-refractivity contribution in [1.29, 1.82) is 0 Å². The lowest BCUT2D eigenvalue weighted by Crippen LogP contribution is -1.98. The van der Waals surface area contributed by atoms with Crippen LogP contribution in [0.1, 0.15) is 25.6 Å². The number of benzene rings is 1. The van der Waals surface area contributed by atoms with E-state index in [1.165, 1.54) is 0 Å². The van der Waals surface area contributed by atoms with E-state index in [0.29, 0.717) is 24.9 Å². The summed E-state index contributed by atoms with van der Waals surface area (Å²) in [5.74, 6) is 2.20. The predicted octanol–water partition coefficient (Wildman–Crippen LogP) is 3.03. The molecule has 0 unspecified atom stereocenters. The Morgan fingerprint density at radius 2 is 2.00 bits per heavy atom. The van der Waals surface area contributed by atoms with Crippen molar-refractivity contribution in [3.05, 3.63) is 42.2 Å². The van der Waals surface area contributed by atoms with Crippen LogP contribution in [-0.2, 0) is 13.0 Å². The van der Waals surface area contributed by atoms with Crippen LogP contribution < -0.4 is 4.74 Å². The van der Waals surface area contributed by atoms with Crippen LogP contribution in [0.4, 0.5) is 0 Å². The van der Waals surface area contributed by atoms with Crippen LogP contribution in [0.3, 0.4) is 0 Å². The minimum absolute atomic E-state index is 0.588. The summed E-state index contributed by atoms with van der Waals surface area (Å²) in [6.07, 6.45) is 2.79. The zero-order valence-corrected chi connectivity index (χ0v) is 11.7. The highest BCUT2D eigenvalue weighted by Gasteiger charge is 2.08. The molecule has 0 bridgehead atoms. The van der Waals surface area contributed by atoms with Gasteiger partial charge in [0.2, 0.25) is 11.8 Å². The molecule has 0 amide bonds. The first kappa shape index (κ1) is 12.7. The summed E-state index contributed by atoms with van der Waals surface area (Å²) >= 11 is 0. The third kappa shape index (κ3) is 2.39. The molecule has 0 radical (unpaired) electrons. The van der Waals surface area contributed by atoms with E-state index in [2.05, 4.69) is 26.9 Å². The second kappa shape index (κ2) is 5.36. The van der Waals surface area contributed by atoms with Gasteiger partial charge in [-0.3, -0.25) is 0 Å². The number of nitrogens with zero attached hydrogens (tertiary/aromatic N) is 3. The molecule has 0 aliphatic carbocycles. The summed E-state index contributed by atoms with van der Waals surface area (Å²) in [5.41, 5.74) is 1.13. The van der Waals surface area contributed by atoms with Crippen molar-refractivity contribution >= 4 is 10.9 Å². The Hall–Kier alpha value is -2.30. The van der Waals surface area contributed by atoms with Gasteiger partial charge in [0.05, 0.1) is 6.61 Å². The monoisotopic (exact) mass is 271 g/mol. The highest BCUT2D eigenvalue weighted by Crippen LogP contribution is 2.22. The van der Waals surface area contributed by atoms with Gasteiger partial charge in [0.25, 0.3) is 0 Å². The van der Waals surface area contributed by atoms with Crippen LogP contribution in [0.5, 0.6) is 5.75 Å². The van der Waals surface area contributed by atoms with Crippen LogP contribution >= 0.6 is 0 Å². The van der Waals surface area contributed by atoms with E-state index in [1.54, 1.807) is 0 Å². The number of ether oxygens (including phenoxy) is 1. The van der Waals surface area contributed by atoms with Crippen molar-refractivity contribution in [1.82, 2.24) is 14.8 Å². The summed E-state index contributed by atoms with van der Waals surface area (Å²) in [4.78, 5) is 0. The average molecular weight is 271 g/mol. The number of fused-ring (bicyclic) bond motifs is 1. The molecule has 104 valence electrons. The van der Waals surface area contributed by atoms with Crippen molar-refractivity contribution in [3.8, 4) is 5.75 Å². The van der Waals surface area contributed by atoms with Crippen LogP contribution in [0, 0.1) is 0 Å². The number of hydrogen-bond acceptors (Lipinski definition) is 4. The lowest BCUT2D eigenvalue weighted by Gasteiger charge is -2.04. The first-order valence-corrected chi connectivity index (χ1v) is 6.83. The van der Waals surface area contributed by atoms with Crippen molar-refractivity contribution in [2.45, 2.75) is 26.8 Å². The van der Waals surface area contributed by atoms with Crippen LogP contribution in [0.15, 0.2) is 34.9 Å². The summed E-state index contributed by atoms with van der Waals surface area (Å²) < 4.78 is 13.2. The van der Waals surface area contributed by atoms with E-state index in [-0.39, 0.29) is 0 Å². The van der Waals surface area contributed by atoms with Crippen LogP contribution in [0.2, 0.25) is 0 Å². The largest absolute Gasteiger partial charge is 0.494 e. The maximum atomic E-state index is 5.55. The van der Waals surface area contributed by atoms with Gasteiger partial charge in [-0.05, 0) is 31.2 Å². The molecule has 0 spiro atoms. The second-order valence-corrected chi connectivity index (χ2v) is 4.54. The Bertz CT molecular complexity index is 715. The second-order valence-electron chi connectivity index (χ2n) is 4.54. The molecule has 3 aromatic rings. The van der Waals surface area contributed by atoms with Gasteiger partial charge in [-0.25, -0.2) is 0 Å². The molecule has 0 aliphatic heterocycles. The molecule has 3 rings (SSSR count). The summed E-state index contributed by atoms with van der Waals surface area (Å²) in [6.45, 7) is 5.24. The Labute approximate surface area is 117 Å². The maximum Gasteiger partial charge on any atom is 0.236 e. The Morgan fingerprint density at radius 3 is 2.75 bits per heavy atom. The number of hydrogen-bond donors (Lipinski definition) is 0. The first-order valence-electron chi connectivity index (χ1n) is 6.83. The molecule has 5 nitrogen and oxygen atoms in total. The molecule has 0 saturated carbocycles. The van der Waals surface area contributed by atoms with Crippen LogP contribution in [-0.4, -0.2) is 21.4 Å². The highest BCUT2D eigenvalue weighted by atomic mass is 16.5. The Kier molecular flexibility index (Phi) is 3.41. The van der Waals surface area contributed by atoms with Gasteiger partial charge < -0.3 is 13.7 Å². The standard InChI is InChI=1S/C15H17N3O2/c1-3-14-16-17-15(20-14)10-18-8-7-11-9-12(19-4-2)5-6-13(11)18/h5-9H,3-4,10H2,1-2H3. The fourth-order valence-electron chi connectivity index (χ4n) is 2.21. The van der Waals surface area contributed by atoms with E-state index < -0.39 is 0 Å². The summed E-state index contributed by atoms with van der Waals surface area (Å²) in [5, 5.41) is 9.18. The third-order valence-electron chi connectivity index (χ3n) is 3.17. The van der Waals surface area contributed by atoms with Gasteiger partial charge in [0.1, 0.15) is 12.3 Å². The van der Waals surface area contributed by atoms with E-state index in [9.17, 15) is 0 Å². The van der Waals surface area contributed by atoms with Crippen molar-refractivity contribution in [2.75, 3.05) is 6.61 Å². The van der Waals surface area contributed by atoms with E-state index in [4.69, 9.17) is 9.15 Å². The van der Waals surface area contributed by atoms with Gasteiger partial charge in [-0.1, -0.05) is 6.92 Å². The lowest BCUT2D eigenvalue weighted by molar-refractivity contribution is 0.340. The zero-order valence-electron chi connectivity index (χ0n) is 11.7. The normalized spacial score (nSPS) is 11.1. The Morgan fingerprint density at radius 1 is 1.15 bits per heavy atom. The minimum Gasteiger partial charge on any atom is -0.494 e. The minimum atomic E-state index is 0.588. The molecule has 0 fully saturated rings. The topological polar surface area (TPSA) is 53.1 Å². The zero-order chi connectivity index (χ0) is 13.9. The SMILES string of the molecule is CCOc1ccc2c(ccn2Cc2nnc(CC)o2)c1. The van der Waals surface area contributed by atoms with E-state index in [1.807, 2.05) is 32.2 Å². The van der Waals surface area contributed by atoms with Gasteiger partial charge in [-0.15, -0.1) is 10.2 Å². The molecule has 2 heterocycles. The maximum absolute atomic E-state index is 5.55. The fourth-order valence-corrected chi connectivity index (χ4v) is 2.21. The van der Waals surface area contributed by atoms with Crippen LogP contribution in [0.25, 0.3) is 10.9 Å². The highest BCUT2D eigenvalue weighted by molar-refractivity contribution is 5.81. The molecule has 0 aliphatic rings. The van der Waals surface area contributed by atoms with Crippen molar-refractivity contribution in [2.24, 2.45) is 0 Å². The molecule has 0 atom stereocenters. The quantitative estimate of drug-likeness (QED) is 0.715. The van der Waals surface area contributed by atoms with Gasteiger partial charge in [0.15, 0.2) is 0 Å². The Balaban J connectivity index is 1.88. The summed E-state index contributed by atoms with van der Waals surface area (Å²) in [7, 11) is 0. The molecule has 0 saturated heterocycles. The average Bonchev–Trinajstić information content (AvgIpc) is 3.07. The van der Waals surface area contributed by atoms with Gasteiger partial charge in [0, 0.05) is 23.5 Å². The number of rotatable bonds is 5. The molecule has 2 aromatic heterocycles. The summed E-state index contributed by atoms with van der Waals surface area (Å²) in [6, 6.07) is 8.14. The van der Waals surface area contributed by atoms with Gasteiger partial charge in [-0.2, -0.15) is 0 Å². The number of aryl methyl sites for hydroxylation is 1. The third-order valence-corrected chi connectivity index (χ3v) is 3.17. The number of aromatic nitrogens is 3. The molecule has 20 heavy (non-hydrogen) atoms. The van der Waals surface area contributed by atoms with E-state index in [0.717, 1.165) is 23.1 Å². The fraction of sp³-hybridized carbons (Fsp3) is 0.333. The van der Waals surface area contributed by atoms with E-state index >= 15 is 0 Å². The van der Waals surface area contributed by atoms with Gasteiger partial charge >= 0.3 is 0 Å². The smallest absolute Gasteiger partial charge is 0.236 e. The molecule has 1 aromatic carbocycles.